The molecule has 0 amide bonds. The van der Waals surface area contributed by atoms with Crippen LogP contribution in [0.3, 0.4) is 0 Å². The highest BCUT2D eigenvalue weighted by molar-refractivity contribution is 5.84. The van der Waals surface area contributed by atoms with Gasteiger partial charge in [0.15, 0.2) is 5.69 Å². The zero-order chi connectivity index (χ0) is 18.7. The van der Waals surface area contributed by atoms with Crippen LogP contribution in [-0.4, -0.2) is 28.3 Å². The lowest BCUT2D eigenvalue weighted by atomic mass is 10.2. The van der Waals surface area contributed by atoms with Crippen LogP contribution in [-0.2, 0) is 0 Å². The molecule has 8 nitrogen and oxygen atoms in total. The van der Waals surface area contributed by atoms with Gasteiger partial charge in [-0.1, -0.05) is 12.1 Å². The summed E-state index contributed by atoms with van der Waals surface area (Å²) in [5, 5.41) is 21.0. The van der Waals surface area contributed by atoms with E-state index in [1.807, 2.05) is 0 Å². The molecule has 1 heterocycles. The second-order valence-corrected chi connectivity index (χ2v) is 5.06. The first-order valence-corrected chi connectivity index (χ1v) is 7.31. The summed E-state index contributed by atoms with van der Waals surface area (Å²) >= 11 is 0. The van der Waals surface area contributed by atoms with Gasteiger partial charge in [-0.15, -0.1) is 0 Å². The van der Waals surface area contributed by atoms with E-state index in [-0.39, 0.29) is 28.5 Å². The van der Waals surface area contributed by atoms with E-state index in [1.54, 1.807) is 6.07 Å². The lowest BCUT2D eigenvalue weighted by Gasteiger charge is -2.01. The quantitative estimate of drug-likeness (QED) is 0.422. The first-order valence-electron chi connectivity index (χ1n) is 7.31. The molecule has 0 bridgehead atoms. The highest BCUT2D eigenvalue weighted by Crippen LogP contribution is 2.32. The van der Waals surface area contributed by atoms with Gasteiger partial charge in [0.25, 0.3) is 5.69 Å². The van der Waals surface area contributed by atoms with E-state index in [1.165, 1.54) is 43.5 Å². The number of benzene rings is 2. The molecule has 0 saturated heterocycles. The summed E-state index contributed by atoms with van der Waals surface area (Å²) in [6, 6.07) is 9.89. The van der Waals surface area contributed by atoms with E-state index in [2.05, 4.69) is 9.98 Å². The van der Waals surface area contributed by atoms with Gasteiger partial charge < -0.3 is 14.3 Å². The van der Waals surface area contributed by atoms with Gasteiger partial charge in [-0.05, 0) is 24.3 Å². The molecule has 0 fully saturated rings. The Kier molecular flexibility index (Phi) is 4.61. The van der Waals surface area contributed by atoms with Crippen molar-refractivity contribution in [1.29, 1.82) is 0 Å². The molecule has 0 saturated carbocycles. The summed E-state index contributed by atoms with van der Waals surface area (Å²) in [5.74, 6) is -0.973. The Labute approximate surface area is 146 Å². The maximum absolute atomic E-state index is 13.8. The minimum absolute atomic E-state index is 0.0330. The topological polar surface area (TPSA) is 111 Å². The molecular weight excluding hydrogens is 345 g/mol. The molecule has 0 unspecified atom stereocenters. The summed E-state index contributed by atoms with van der Waals surface area (Å²) in [4.78, 5) is 18.5. The Morgan fingerprint density at radius 2 is 2.12 bits per heavy atom. The van der Waals surface area contributed by atoms with Gasteiger partial charge in [0.05, 0.1) is 29.9 Å². The third kappa shape index (κ3) is 3.36. The Bertz CT molecular complexity index is 1000. The lowest BCUT2D eigenvalue weighted by Crippen LogP contribution is -1.91. The maximum Gasteiger partial charge on any atom is 0.312 e. The second kappa shape index (κ2) is 7.01. The number of oxazole rings is 1. The molecule has 1 N–H and O–H groups in total. The second-order valence-electron chi connectivity index (χ2n) is 5.06. The minimum Gasteiger partial charge on any atom is -0.496 e. The van der Waals surface area contributed by atoms with Gasteiger partial charge in [0.1, 0.15) is 17.3 Å². The summed E-state index contributed by atoms with van der Waals surface area (Å²) in [6.07, 6.45) is 1.10. The van der Waals surface area contributed by atoms with Crippen LogP contribution in [0.1, 0.15) is 5.69 Å². The minimum atomic E-state index is -0.609. The number of aromatic nitrogens is 1. The maximum atomic E-state index is 13.8. The van der Waals surface area contributed by atoms with Gasteiger partial charge >= 0.3 is 5.95 Å². The van der Waals surface area contributed by atoms with E-state index in [0.717, 1.165) is 6.21 Å². The lowest BCUT2D eigenvalue weighted by molar-refractivity contribution is -0.384. The molecule has 132 valence electrons. The van der Waals surface area contributed by atoms with Crippen LogP contribution in [0.25, 0.3) is 11.5 Å². The van der Waals surface area contributed by atoms with Gasteiger partial charge in [0, 0.05) is 0 Å². The number of rotatable bonds is 5. The Morgan fingerprint density at radius 1 is 1.35 bits per heavy atom. The van der Waals surface area contributed by atoms with Gasteiger partial charge in [-0.3, -0.25) is 10.1 Å². The van der Waals surface area contributed by atoms with Gasteiger partial charge in [-0.25, -0.2) is 14.4 Å². The van der Waals surface area contributed by atoms with Crippen LogP contribution in [0, 0.1) is 15.9 Å². The Balaban J connectivity index is 1.95. The number of hydrogen-bond donors (Lipinski definition) is 1. The molecule has 26 heavy (non-hydrogen) atoms. The number of nitro groups is 1. The molecule has 0 aliphatic heterocycles. The van der Waals surface area contributed by atoms with Crippen molar-refractivity contribution in [2.75, 3.05) is 7.11 Å². The van der Waals surface area contributed by atoms with Crippen LogP contribution in [0.5, 0.6) is 11.7 Å². The number of halogens is 1. The van der Waals surface area contributed by atoms with Crippen molar-refractivity contribution in [3.63, 3.8) is 0 Å². The smallest absolute Gasteiger partial charge is 0.312 e. The third-order valence-corrected chi connectivity index (χ3v) is 3.44. The fourth-order valence-electron chi connectivity index (χ4n) is 2.17. The molecule has 3 aromatic rings. The van der Waals surface area contributed by atoms with Crippen molar-refractivity contribution in [2.45, 2.75) is 0 Å². The van der Waals surface area contributed by atoms with Crippen molar-refractivity contribution in [2.24, 2.45) is 4.99 Å². The number of hydrogen-bond acceptors (Lipinski definition) is 7. The first-order chi connectivity index (χ1) is 12.5. The number of aliphatic imine (C=N–C) groups is 1. The standard InChI is InChI=1S/C17H12FN3O5/c1-25-10-6-7-13(15(8-10)21(23)24)19-9-14-17(22)26-16(20-14)11-4-2-3-5-12(11)18/h2-9,22H,1H3. The average molecular weight is 357 g/mol. The van der Waals surface area contributed by atoms with Gasteiger partial charge in [0.2, 0.25) is 5.89 Å². The normalized spacial score (nSPS) is 11.0. The Hall–Kier alpha value is -3.75. The molecule has 9 heteroatoms. The SMILES string of the molecule is COc1ccc(N=Cc2nc(-c3ccccc3F)oc2O)c([N+](=O)[O-])c1. The molecule has 3 rings (SSSR count). The van der Waals surface area contributed by atoms with Crippen LogP contribution in [0.15, 0.2) is 51.9 Å². The van der Waals surface area contributed by atoms with Crippen molar-refractivity contribution < 1.29 is 23.6 Å². The van der Waals surface area contributed by atoms with E-state index < -0.39 is 16.7 Å². The number of methoxy groups -OCH3 is 1. The van der Waals surface area contributed by atoms with E-state index >= 15 is 0 Å². The third-order valence-electron chi connectivity index (χ3n) is 3.44. The van der Waals surface area contributed by atoms with Crippen LogP contribution < -0.4 is 4.74 Å². The van der Waals surface area contributed by atoms with Crippen molar-refractivity contribution in [1.82, 2.24) is 4.98 Å². The van der Waals surface area contributed by atoms with E-state index in [9.17, 15) is 19.6 Å². The molecule has 0 spiro atoms. The summed E-state index contributed by atoms with van der Waals surface area (Å²) in [6.45, 7) is 0. The monoisotopic (exact) mass is 357 g/mol. The fraction of sp³-hybridized carbons (Fsp3) is 0.0588. The van der Waals surface area contributed by atoms with Gasteiger partial charge in [-0.2, -0.15) is 0 Å². The number of ether oxygens (including phenoxy) is 1. The van der Waals surface area contributed by atoms with E-state index in [4.69, 9.17) is 9.15 Å². The summed E-state index contributed by atoms with van der Waals surface area (Å²) in [7, 11) is 1.39. The average Bonchev–Trinajstić information content (AvgIpc) is 3.00. The molecule has 0 aliphatic rings. The molecule has 1 aromatic heterocycles. The highest BCUT2D eigenvalue weighted by atomic mass is 19.1. The molecule has 0 radical (unpaired) electrons. The molecule has 2 aromatic carbocycles. The first kappa shape index (κ1) is 17.1. The number of nitro benzene ring substituents is 1. The van der Waals surface area contributed by atoms with Crippen LogP contribution in [0.4, 0.5) is 15.8 Å². The van der Waals surface area contributed by atoms with Crippen molar-refractivity contribution in [3.8, 4) is 23.1 Å². The largest absolute Gasteiger partial charge is 0.496 e. The van der Waals surface area contributed by atoms with Crippen molar-refractivity contribution in [3.05, 3.63) is 64.1 Å². The number of aromatic hydroxyl groups is 1. The molecule has 0 aliphatic carbocycles. The highest BCUT2D eigenvalue weighted by Gasteiger charge is 2.17. The number of nitrogens with zero attached hydrogens (tertiary/aromatic N) is 3. The van der Waals surface area contributed by atoms with Crippen LogP contribution >= 0.6 is 0 Å². The predicted molar refractivity (Wildman–Crippen MR) is 90.5 cm³/mol. The zero-order valence-electron chi connectivity index (χ0n) is 13.4. The molecule has 0 atom stereocenters. The van der Waals surface area contributed by atoms with Crippen LogP contribution in [0.2, 0.25) is 0 Å². The fourth-order valence-corrected chi connectivity index (χ4v) is 2.17. The Morgan fingerprint density at radius 3 is 2.81 bits per heavy atom. The van der Waals surface area contributed by atoms with E-state index in [0.29, 0.717) is 5.75 Å². The summed E-state index contributed by atoms with van der Waals surface area (Å²) in [5.41, 5.74) is -0.269. The molecular formula is C17H12FN3O5. The summed E-state index contributed by atoms with van der Waals surface area (Å²) < 4.78 is 23.8. The zero-order valence-corrected chi connectivity index (χ0v) is 13.4. The van der Waals surface area contributed by atoms with Crippen molar-refractivity contribution >= 4 is 17.6 Å². The predicted octanol–water partition coefficient (Wildman–Crippen LogP) is 3.85.